The van der Waals surface area contributed by atoms with Gasteiger partial charge in [-0.05, 0) is 24.0 Å². The van der Waals surface area contributed by atoms with Gasteiger partial charge in [0.1, 0.15) is 0 Å². The first-order chi connectivity index (χ1) is 11.3. The highest BCUT2D eigenvalue weighted by Crippen LogP contribution is 2.18. The van der Waals surface area contributed by atoms with Gasteiger partial charge in [-0.15, -0.1) is 0 Å². The molecule has 1 fully saturated rings. The Labute approximate surface area is 137 Å². The predicted octanol–water partition coefficient (Wildman–Crippen LogP) is 3.29. The summed E-state index contributed by atoms with van der Waals surface area (Å²) in [4.78, 5) is 14.8. The van der Waals surface area contributed by atoms with Gasteiger partial charge in [-0.3, -0.25) is 4.79 Å². The Hall–Kier alpha value is -2.13. The average Bonchev–Trinajstić information content (AvgIpc) is 3.14. The van der Waals surface area contributed by atoms with Crippen LogP contribution in [-0.2, 0) is 22.5 Å². The molecule has 120 valence electrons. The second-order valence-corrected chi connectivity index (χ2v) is 6.04. The minimum absolute atomic E-state index is 0.0227. The van der Waals surface area contributed by atoms with Gasteiger partial charge in [0.05, 0.1) is 12.5 Å². The van der Waals surface area contributed by atoms with E-state index in [0.717, 1.165) is 19.4 Å². The van der Waals surface area contributed by atoms with Crippen LogP contribution in [-0.4, -0.2) is 30.6 Å². The van der Waals surface area contributed by atoms with Crippen LogP contribution in [0.5, 0.6) is 0 Å². The molecular formula is C20H23NO2. The van der Waals surface area contributed by atoms with Crippen LogP contribution in [0, 0.1) is 5.92 Å². The van der Waals surface area contributed by atoms with Gasteiger partial charge in [-0.1, -0.05) is 60.7 Å². The summed E-state index contributed by atoms with van der Waals surface area (Å²) in [5.74, 6) is 0.247. The molecule has 0 N–H and O–H groups in total. The fraction of sp³-hybridized carbons (Fsp3) is 0.350. The van der Waals surface area contributed by atoms with E-state index < -0.39 is 0 Å². The summed E-state index contributed by atoms with van der Waals surface area (Å²) < 4.78 is 5.39. The minimum Gasteiger partial charge on any atom is -0.381 e. The van der Waals surface area contributed by atoms with E-state index in [4.69, 9.17) is 4.74 Å². The Kier molecular flexibility index (Phi) is 5.43. The first-order valence-corrected chi connectivity index (χ1v) is 8.27. The van der Waals surface area contributed by atoms with Gasteiger partial charge in [0.15, 0.2) is 0 Å². The van der Waals surface area contributed by atoms with Crippen molar-refractivity contribution >= 4 is 5.91 Å². The highest BCUT2D eigenvalue weighted by Gasteiger charge is 2.27. The molecule has 1 amide bonds. The zero-order valence-electron chi connectivity index (χ0n) is 13.4. The van der Waals surface area contributed by atoms with Gasteiger partial charge in [0, 0.05) is 19.7 Å². The van der Waals surface area contributed by atoms with Gasteiger partial charge in [-0.2, -0.15) is 0 Å². The van der Waals surface area contributed by atoms with E-state index in [1.165, 1.54) is 11.1 Å². The number of rotatable bonds is 6. The molecule has 0 unspecified atom stereocenters. The van der Waals surface area contributed by atoms with Gasteiger partial charge >= 0.3 is 0 Å². The van der Waals surface area contributed by atoms with Crippen LogP contribution in [0.4, 0.5) is 0 Å². The van der Waals surface area contributed by atoms with E-state index in [2.05, 4.69) is 24.3 Å². The summed E-state index contributed by atoms with van der Waals surface area (Å²) in [5, 5.41) is 0. The minimum atomic E-state index is 0.0227. The van der Waals surface area contributed by atoms with Crippen LogP contribution in [0.25, 0.3) is 0 Å². The summed E-state index contributed by atoms with van der Waals surface area (Å²) in [7, 11) is 0. The van der Waals surface area contributed by atoms with Crippen molar-refractivity contribution in [3.8, 4) is 0 Å². The molecule has 0 radical (unpaired) electrons. The maximum atomic E-state index is 12.8. The SMILES string of the molecule is O=C([C@@H]1CCOC1)N(CCc1ccccc1)Cc1ccccc1. The first kappa shape index (κ1) is 15.8. The fourth-order valence-corrected chi connectivity index (χ4v) is 2.97. The Balaban J connectivity index is 1.68. The molecule has 3 nitrogen and oxygen atoms in total. The number of carbonyl (C=O) groups excluding carboxylic acids is 1. The number of hydrogen-bond donors (Lipinski definition) is 0. The van der Waals surface area contributed by atoms with Crippen LogP contribution in [0.2, 0.25) is 0 Å². The summed E-state index contributed by atoms with van der Waals surface area (Å²) in [6.45, 7) is 2.68. The predicted molar refractivity (Wildman–Crippen MR) is 90.9 cm³/mol. The molecule has 0 saturated carbocycles. The molecule has 0 bridgehead atoms. The van der Waals surface area contributed by atoms with E-state index in [-0.39, 0.29) is 11.8 Å². The van der Waals surface area contributed by atoms with Crippen LogP contribution in [0.1, 0.15) is 17.5 Å². The molecule has 1 heterocycles. The summed E-state index contributed by atoms with van der Waals surface area (Å²) in [5.41, 5.74) is 2.44. The van der Waals surface area contributed by atoms with E-state index in [1.807, 2.05) is 41.3 Å². The topological polar surface area (TPSA) is 29.5 Å². The first-order valence-electron chi connectivity index (χ1n) is 8.27. The van der Waals surface area contributed by atoms with Crippen molar-refractivity contribution in [1.82, 2.24) is 4.90 Å². The number of nitrogens with zero attached hydrogens (tertiary/aromatic N) is 1. The Bertz CT molecular complexity index is 606. The van der Waals surface area contributed by atoms with Crippen molar-refractivity contribution in [1.29, 1.82) is 0 Å². The maximum Gasteiger partial charge on any atom is 0.228 e. The molecule has 3 rings (SSSR count). The van der Waals surface area contributed by atoms with Gasteiger partial charge in [0.25, 0.3) is 0 Å². The number of benzene rings is 2. The highest BCUT2D eigenvalue weighted by atomic mass is 16.5. The average molecular weight is 309 g/mol. The zero-order valence-corrected chi connectivity index (χ0v) is 13.4. The second-order valence-electron chi connectivity index (χ2n) is 6.04. The molecule has 23 heavy (non-hydrogen) atoms. The summed E-state index contributed by atoms with van der Waals surface area (Å²) in [6, 6.07) is 20.5. The van der Waals surface area contributed by atoms with Crippen LogP contribution >= 0.6 is 0 Å². The van der Waals surface area contributed by atoms with Gasteiger partial charge in [0.2, 0.25) is 5.91 Å². The van der Waals surface area contributed by atoms with Crippen molar-refractivity contribution in [3.63, 3.8) is 0 Å². The largest absolute Gasteiger partial charge is 0.381 e. The smallest absolute Gasteiger partial charge is 0.228 e. The van der Waals surface area contributed by atoms with E-state index in [0.29, 0.717) is 19.8 Å². The molecule has 1 saturated heterocycles. The van der Waals surface area contributed by atoms with Crippen molar-refractivity contribution < 1.29 is 9.53 Å². The lowest BCUT2D eigenvalue weighted by atomic mass is 10.1. The molecule has 0 spiro atoms. The lowest BCUT2D eigenvalue weighted by Crippen LogP contribution is -2.37. The second kappa shape index (κ2) is 7.93. The standard InChI is InChI=1S/C20H23NO2/c22-20(19-12-14-23-16-19)21(15-18-9-5-2-6-10-18)13-11-17-7-3-1-4-8-17/h1-10,19H,11-16H2/t19-/m1/s1. The van der Waals surface area contributed by atoms with Crippen LogP contribution in [0.15, 0.2) is 60.7 Å². The van der Waals surface area contributed by atoms with Gasteiger partial charge < -0.3 is 9.64 Å². The molecule has 3 heteroatoms. The quantitative estimate of drug-likeness (QED) is 0.819. The third kappa shape index (κ3) is 4.42. The molecule has 1 aliphatic rings. The van der Waals surface area contributed by atoms with Crippen LogP contribution < -0.4 is 0 Å². The number of ether oxygens (including phenoxy) is 1. The third-order valence-electron chi connectivity index (χ3n) is 4.32. The molecule has 0 aliphatic carbocycles. The summed E-state index contributed by atoms with van der Waals surface area (Å²) in [6.07, 6.45) is 1.72. The number of carbonyl (C=O) groups is 1. The Morgan fingerprint density at radius 2 is 1.65 bits per heavy atom. The molecule has 0 aromatic heterocycles. The van der Waals surface area contributed by atoms with Gasteiger partial charge in [-0.25, -0.2) is 0 Å². The third-order valence-corrected chi connectivity index (χ3v) is 4.32. The van der Waals surface area contributed by atoms with Crippen LogP contribution in [0.3, 0.4) is 0 Å². The highest BCUT2D eigenvalue weighted by molar-refractivity contribution is 5.79. The molecule has 1 aliphatic heterocycles. The number of amides is 1. The lowest BCUT2D eigenvalue weighted by Gasteiger charge is -2.25. The van der Waals surface area contributed by atoms with Crippen molar-refractivity contribution in [2.24, 2.45) is 5.92 Å². The Morgan fingerprint density at radius 1 is 1.00 bits per heavy atom. The lowest BCUT2D eigenvalue weighted by molar-refractivity contribution is -0.136. The molecule has 2 aromatic rings. The van der Waals surface area contributed by atoms with E-state index in [1.54, 1.807) is 0 Å². The normalized spacial score (nSPS) is 17.1. The molecular weight excluding hydrogens is 286 g/mol. The maximum absolute atomic E-state index is 12.8. The van der Waals surface area contributed by atoms with E-state index in [9.17, 15) is 4.79 Å². The van der Waals surface area contributed by atoms with E-state index >= 15 is 0 Å². The molecule has 1 atom stereocenters. The monoisotopic (exact) mass is 309 g/mol. The van der Waals surface area contributed by atoms with Crippen molar-refractivity contribution in [2.75, 3.05) is 19.8 Å². The van der Waals surface area contributed by atoms with Crippen molar-refractivity contribution in [2.45, 2.75) is 19.4 Å². The number of hydrogen-bond acceptors (Lipinski definition) is 2. The molecule has 2 aromatic carbocycles. The zero-order chi connectivity index (χ0) is 15.9. The van der Waals surface area contributed by atoms with Crippen molar-refractivity contribution in [3.05, 3.63) is 71.8 Å². The summed E-state index contributed by atoms with van der Waals surface area (Å²) >= 11 is 0. The Morgan fingerprint density at radius 3 is 2.26 bits per heavy atom. The fourth-order valence-electron chi connectivity index (χ4n) is 2.97.